The van der Waals surface area contributed by atoms with Gasteiger partial charge in [0.05, 0.1) is 11.7 Å². The minimum absolute atomic E-state index is 0.183. The molecule has 2 nitrogen and oxygen atoms in total. The standard InChI is InChI=1S/C11H22O2/c1-9-7-5-6-8-10(9)12-13-11(2,3)4/h9-10H,5-8H2,1-4H3. The molecule has 1 aliphatic carbocycles. The van der Waals surface area contributed by atoms with Crippen LogP contribution in [0.1, 0.15) is 53.4 Å². The zero-order valence-electron chi connectivity index (χ0n) is 9.30. The lowest BCUT2D eigenvalue weighted by Crippen LogP contribution is -2.30. The first-order chi connectivity index (χ1) is 5.99. The molecule has 0 bridgehead atoms. The third-order valence-corrected chi connectivity index (χ3v) is 2.45. The molecular weight excluding hydrogens is 164 g/mol. The van der Waals surface area contributed by atoms with E-state index in [1.165, 1.54) is 19.3 Å². The Hall–Kier alpha value is -0.0800. The zero-order chi connectivity index (χ0) is 9.90. The average Bonchev–Trinajstić information content (AvgIpc) is 2.01. The molecule has 2 heteroatoms. The fourth-order valence-electron chi connectivity index (χ4n) is 1.63. The Balaban J connectivity index is 2.27. The van der Waals surface area contributed by atoms with Crippen LogP contribution in [0.15, 0.2) is 0 Å². The van der Waals surface area contributed by atoms with Crippen LogP contribution in [-0.4, -0.2) is 11.7 Å². The van der Waals surface area contributed by atoms with Crippen LogP contribution in [0.5, 0.6) is 0 Å². The molecule has 1 saturated carbocycles. The van der Waals surface area contributed by atoms with Crippen LogP contribution in [0.4, 0.5) is 0 Å². The van der Waals surface area contributed by atoms with E-state index in [2.05, 4.69) is 6.92 Å². The summed E-state index contributed by atoms with van der Waals surface area (Å²) in [7, 11) is 0. The van der Waals surface area contributed by atoms with Crippen molar-refractivity contribution in [3.63, 3.8) is 0 Å². The third kappa shape index (κ3) is 4.10. The van der Waals surface area contributed by atoms with E-state index in [9.17, 15) is 0 Å². The lowest BCUT2D eigenvalue weighted by atomic mass is 9.88. The Morgan fingerprint density at radius 3 is 2.23 bits per heavy atom. The molecule has 0 heterocycles. The van der Waals surface area contributed by atoms with Gasteiger partial charge in [0.2, 0.25) is 0 Å². The molecule has 0 aliphatic heterocycles. The molecule has 0 N–H and O–H groups in total. The molecule has 1 fully saturated rings. The Bertz CT molecular complexity index is 149. The van der Waals surface area contributed by atoms with E-state index in [0.717, 1.165) is 6.42 Å². The third-order valence-electron chi connectivity index (χ3n) is 2.45. The number of hydrogen-bond donors (Lipinski definition) is 0. The van der Waals surface area contributed by atoms with Crippen LogP contribution in [0.25, 0.3) is 0 Å². The van der Waals surface area contributed by atoms with Crippen molar-refractivity contribution in [2.75, 3.05) is 0 Å². The second-order valence-corrected chi connectivity index (χ2v) is 5.09. The van der Waals surface area contributed by atoms with Crippen LogP contribution in [0, 0.1) is 5.92 Å². The first-order valence-corrected chi connectivity index (χ1v) is 5.33. The van der Waals surface area contributed by atoms with Gasteiger partial charge in [0.15, 0.2) is 0 Å². The summed E-state index contributed by atoms with van der Waals surface area (Å²) in [5.41, 5.74) is -0.183. The van der Waals surface area contributed by atoms with Gasteiger partial charge in [-0.1, -0.05) is 19.8 Å². The van der Waals surface area contributed by atoms with E-state index in [1.807, 2.05) is 20.8 Å². The fourth-order valence-corrected chi connectivity index (χ4v) is 1.63. The zero-order valence-corrected chi connectivity index (χ0v) is 9.30. The van der Waals surface area contributed by atoms with Crippen LogP contribution < -0.4 is 0 Å². The molecule has 1 aliphatic rings. The summed E-state index contributed by atoms with van der Waals surface area (Å²) >= 11 is 0. The average molecular weight is 186 g/mol. The molecule has 0 aromatic rings. The molecule has 0 radical (unpaired) electrons. The maximum Gasteiger partial charge on any atom is 0.0955 e. The summed E-state index contributed by atoms with van der Waals surface area (Å²) < 4.78 is 0. The van der Waals surface area contributed by atoms with Gasteiger partial charge in [-0.3, -0.25) is 0 Å². The van der Waals surface area contributed by atoms with Gasteiger partial charge in [-0.2, -0.15) is 0 Å². The lowest BCUT2D eigenvalue weighted by Gasteiger charge is -2.30. The van der Waals surface area contributed by atoms with Crippen molar-refractivity contribution in [3.05, 3.63) is 0 Å². The highest BCUT2D eigenvalue weighted by Crippen LogP contribution is 2.27. The highest BCUT2D eigenvalue weighted by Gasteiger charge is 2.24. The van der Waals surface area contributed by atoms with Gasteiger partial charge in [0.25, 0.3) is 0 Å². The normalized spacial score (nSPS) is 30.5. The predicted octanol–water partition coefficient (Wildman–Crippen LogP) is 3.31. The molecule has 0 aromatic heterocycles. The highest BCUT2D eigenvalue weighted by molar-refractivity contribution is 4.71. The topological polar surface area (TPSA) is 18.5 Å². The Morgan fingerprint density at radius 2 is 1.69 bits per heavy atom. The van der Waals surface area contributed by atoms with E-state index in [1.54, 1.807) is 0 Å². The molecule has 78 valence electrons. The monoisotopic (exact) mass is 186 g/mol. The van der Waals surface area contributed by atoms with E-state index >= 15 is 0 Å². The van der Waals surface area contributed by atoms with Gasteiger partial charge in [-0.15, -0.1) is 0 Å². The summed E-state index contributed by atoms with van der Waals surface area (Å²) in [6, 6.07) is 0. The minimum Gasteiger partial charge on any atom is -0.233 e. The van der Waals surface area contributed by atoms with Crippen molar-refractivity contribution in [2.45, 2.75) is 65.1 Å². The molecule has 13 heavy (non-hydrogen) atoms. The fraction of sp³-hybridized carbons (Fsp3) is 1.00. The molecule has 0 spiro atoms. The molecule has 0 aromatic carbocycles. The Morgan fingerprint density at radius 1 is 1.08 bits per heavy atom. The second kappa shape index (κ2) is 4.43. The van der Waals surface area contributed by atoms with Crippen LogP contribution >= 0.6 is 0 Å². The molecule has 0 amide bonds. The largest absolute Gasteiger partial charge is 0.233 e. The van der Waals surface area contributed by atoms with E-state index in [4.69, 9.17) is 9.78 Å². The summed E-state index contributed by atoms with van der Waals surface area (Å²) in [4.78, 5) is 10.8. The van der Waals surface area contributed by atoms with Gasteiger partial charge in [-0.05, 0) is 39.5 Å². The first-order valence-electron chi connectivity index (χ1n) is 5.33. The van der Waals surface area contributed by atoms with Crippen LogP contribution in [-0.2, 0) is 9.78 Å². The van der Waals surface area contributed by atoms with Crippen molar-refractivity contribution in [1.29, 1.82) is 0 Å². The van der Waals surface area contributed by atoms with Crippen molar-refractivity contribution in [3.8, 4) is 0 Å². The number of hydrogen-bond acceptors (Lipinski definition) is 2. The SMILES string of the molecule is CC1CCCCC1OOC(C)(C)C. The van der Waals surface area contributed by atoms with Gasteiger partial charge >= 0.3 is 0 Å². The lowest BCUT2D eigenvalue weighted by molar-refractivity contribution is -0.382. The smallest absolute Gasteiger partial charge is 0.0955 e. The molecule has 0 saturated heterocycles. The van der Waals surface area contributed by atoms with Crippen molar-refractivity contribution in [2.24, 2.45) is 5.92 Å². The first kappa shape index (κ1) is 11.0. The van der Waals surface area contributed by atoms with Gasteiger partial charge in [0, 0.05) is 0 Å². The Labute approximate surface area is 81.5 Å². The van der Waals surface area contributed by atoms with Gasteiger partial charge in [0.1, 0.15) is 0 Å². The minimum atomic E-state index is -0.183. The summed E-state index contributed by atoms with van der Waals surface area (Å²) in [6.07, 6.45) is 5.36. The molecular formula is C11H22O2. The molecule has 2 atom stereocenters. The van der Waals surface area contributed by atoms with Crippen molar-refractivity contribution >= 4 is 0 Å². The van der Waals surface area contributed by atoms with Crippen LogP contribution in [0.3, 0.4) is 0 Å². The van der Waals surface area contributed by atoms with E-state index in [-0.39, 0.29) is 5.60 Å². The second-order valence-electron chi connectivity index (χ2n) is 5.09. The number of rotatable bonds is 2. The highest BCUT2D eigenvalue weighted by atomic mass is 17.2. The van der Waals surface area contributed by atoms with E-state index in [0.29, 0.717) is 12.0 Å². The molecule has 2 unspecified atom stereocenters. The van der Waals surface area contributed by atoms with Gasteiger partial charge < -0.3 is 0 Å². The van der Waals surface area contributed by atoms with Crippen molar-refractivity contribution in [1.82, 2.24) is 0 Å². The summed E-state index contributed by atoms with van der Waals surface area (Å²) in [5, 5.41) is 0. The van der Waals surface area contributed by atoms with E-state index < -0.39 is 0 Å². The maximum atomic E-state index is 5.46. The Kier molecular flexibility index (Phi) is 3.74. The predicted molar refractivity (Wildman–Crippen MR) is 53.3 cm³/mol. The quantitative estimate of drug-likeness (QED) is 0.486. The summed E-state index contributed by atoms with van der Waals surface area (Å²) in [6.45, 7) is 8.29. The van der Waals surface area contributed by atoms with Gasteiger partial charge in [-0.25, -0.2) is 9.78 Å². The summed E-state index contributed by atoms with van der Waals surface area (Å²) in [5.74, 6) is 0.649. The van der Waals surface area contributed by atoms with Crippen LogP contribution in [0.2, 0.25) is 0 Å². The maximum absolute atomic E-state index is 5.46. The van der Waals surface area contributed by atoms with Crippen molar-refractivity contribution < 1.29 is 9.78 Å². The molecule has 1 rings (SSSR count).